The maximum Gasteiger partial charge on any atom is 0.262 e. The normalized spacial score (nSPS) is 12.9. The molecule has 4 rings (SSSR count). The van der Waals surface area contributed by atoms with Gasteiger partial charge in [-0.3, -0.25) is 0 Å². The average molecular weight is 485 g/mol. The third-order valence-corrected chi connectivity index (χ3v) is 11.5. The van der Waals surface area contributed by atoms with E-state index in [-0.39, 0.29) is 23.1 Å². The Morgan fingerprint density at radius 3 is 1.77 bits per heavy atom. The lowest BCUT2D eigenvalue weighted by molar-refractivity contribution is 0.224. The summed E-state index contributed by atoms with van der Waals surface area (Å²) in [6.45, 7) is 6.32. The quantitative estimate of drug-likeness (QED) is 0.313. The second-order valence-corrected chi connectivity index (χ2v) is 14.0. The van der Waals surface area contributed by atoms with E-state index in [9.17, 15) is 15.3 Å². The fourth-order valence-electron chi connectivity index (χ4n) is 4.78. The highest BCUT2D eigenvalue weighted by Crippen LogP contribution is 2.43. The molecule has 0 aliphatic heterocycles. The van der Waals surface area contributed by atoms with Crippen LogP contribution in [-0.4, -0.2) is 23.6 Å². The van der Waals surface area contributed by atoms with Crippen molar-refractivity contribution >= 4 is 18.7 Å². The van der Waals surface area contributed by atoms with E-state index in [4.69, 9.17) is 4.43 Å². The summed E-state index contributed by atoms with van der Waals surface area (Å²) in [5.41, 5.74) is 1.80. The monoisotopic (exact) mass is 484 g/mol. The van der Waals surface area contributed by atoms with E-state index < -0.39 is 14.4 Å². The minimum Gasteiger partial charge on any atom is -0.508 e. The summed E-state index contributed by atoms with van der Waals surface area (Å²) in [6, 6.07) is 33.0. The van der Waals surface area contributed by atoms with Gasteiger partial charge in [-0.25, -0.2) is 0 Å². The smallest absolute Gasteiger partial charge is 0.262 e. The van der Waals surface area contributed by atoms with Crippen LogP contribution in [0.3, 0.4) is 0 Å². The molecule has 4 nitrogen and oxygen atoms in total. The summed E-state index contributed by atoms with van der Waals surface area (Å²) >= 11 is 0. The number of phenols is 2. The summed E-state index contributed by atoms with van der Waals surface area (Å²) in [5.74, 6) is 0.159. The lowest BCUT2D eigenvalue weighted by Gasteiger charge is -2.45. The molecular formula is C30H32O4Si. The Labute approximate surface area is 208 Å². The number of phenolic OH excluding ortho intramolecular Hbond substituents is 1. The van der Waals surface area contributed by atoms with E-state index in [2.05, 4.69) is 45.0 Å². The van der Waals surface area contributed by atoms with E-state index >= 15 is 0 Å². The number of aliphatic hydroxyl groups is 1. The molecule has 0 saturated carbocycles. The molecule has 0 aliphatic carbocycles. The van der Waals surface area contributed by atoms with Crippen LogP contribution in [0, 0.1) is 0 Å². The van der Waals surface area contributed by atoms with E-state index in [1.165, 1.54) is 0 Å². The van der Waals surface area contributed by atoms with Gasteiger partial charge in [-0.05, 0) is 39.2 Å². The number of aliphatic hydroxyl groups excluding tert-OH is 1. The van der Waals surface area contributed by atoms with Gasteiger partial charge in [0, 0.05) is 11.1 Å². The molecule has 1 atom stereocenters. The van der Waals surface area contributed by atoms with Crippen LogP contribution in [0.2, 0.25) is 5.04 Å². The largest absolute Gasteiger partial charge is 0.508 e. The molecule has 0 spiro atoms. The Hall–Kier alpha value is -3.38. The molecule has 35 heavy (non-hydrogen) atoms. The lowest BCUT2D eigenvalue weighted by atomic mass is 9.98. The fraction of sp³-hybridized carbons (Fsp3) is 0.200. The molecule has 0 heterocycles. The molecule has 180 valence electrons. The summed E-state index contributed by atoms with van der Waals surface area (Å²) in [4.78, 5) is 0. The summed E-state index contributed by atoms with van der Waals surface area (Å²) in [6.07, 6.45) is -0.631. The van der Waals surface area contributed by atoms with Crippen molar-refractivity contribution in [1.29, 1.82) is 0 Å². The van der Waals surface area contributed by atoms with Crippen molar-refractivity contribution in [2.75, 3.05) is 0 Å². The van der Waals surface area contributed by atoms with Gasteiger partial charge in [0.2, 0.25) is 0 Å². The van der Waals surface area contributed by atoms with Crippen LogP contribution in [0.4, 0.5) is 0 Å². The van der Waals surface area contributed by atoms with E-state index in [1.54, 1.807) is 30.3 Å². The van der Waals surface area contributed by atoms with Gasteiger partial charge in [-0.2, -0.15) is 0 Å². The Kier molecular flexibility index (Phi) is 7.12. The Morgan fingerprint density at radius 2 is 1.26 bits per heavy atom. The van der Waals surface area contributed by atoms with Crippen molar-refractivity contribution in [3.05, 3.63) is 120 Å². The molecule has 0 fully saturated rings. The molecule has 1 unspecified atom stereocenters. The van der Waals surface area contributed by atoms with Gasteiger partial charge in [0.25, 0.3) is 8.32 Å². The van der Waals surface area contributed by atoms with Gasteiger partial charge >= 0.3 is 0 Å². The van der Waals surface area contributed by atoms with Gasteiger partial charge in [0.1, 0.15) is 17.6 Å². The number of hydrogen-bond donors (Lipinski definition) is 3. The number of aromatic hydroxyl groups is 2. The first kappa shape index (κ1) is 24.7. The molecule has 5 heteroatoms. The number of rotatable bonds is 7. The summed E-state index contributed by atoms with van der Waals surface area (Å²) in [5, 5.41) is 32.9. The topological polar surface area (TPSA) is 69.9 Å². The number of para-hydroxylation sites is 1. The van der Waals surface area contributed by atoms with Crippen LogP contribution in [0.5, 0.6) is 11.5 Å². The van der Waals surface area contributed by atoms with Crippen molar-refractivity contribution in [3.8, 4) is 11.5 Å². The molecule has 3 N–H and O–H groups in total. The standard InChI is InChI=1S/C30H32O4Si/c1-30(2,3)35(24-12-6-4-7-13-24,25-14-8-5-9-15-25)34-29(26-16-10-11-17-28(26)33)22-18-19-27(32)23(20-22)21-31/h4-20,29,31-33H,21H2,1-3H3. The predicted octanol–water partition coefficient (Wildman–Crippen LogP) is 5.26. The zero-order valence-electron chi connectivity index (χ0n) is 20.3. The summed E-state index contributed by atoms with van der Waals surface area (Å²) in [7, 11) is -2.98. The van der Waals surface area contributed by atoms with Gasteiger partial charge < -0.3 is 19.7 Å². The second kappa shape index (κ2) is 10.1. The van der Waals surface area contributed by atoms with Crippen molar-refractivity contribution in [2.45, 2.75) is 38.5 Å². The van der Waals surface area contributed by atoms with Crippen LogP contribution in [0.15, 0.2) is 103 Å². The van der Waals surface area contributed by atoms with Crippen LogP contribution in [0.25, 0.3) is 0 Å². The van der Waals surface area contributed by atoms with Crippen LogP contribution < -0.4 is 10.4 Å². The number of benzene rings is 4. The van der Waals surface area contributed by atoms with Crippen LogP contribution in [-0.2, 0) is 11.0 Å². The van der Waals surface area contributed by atoms with Crippen LogP contribution in [0.1, 0.15) is 43.6 Å². The molecule has 0 saturated heterocycles. The Bertz CT molecular complexity index is 1230. The third-order valence-electron chi connectivity index (χ3n) is 6.51. The third kappa shape index (κ3) is 4.75. The highest BCUT2D eigenvalue weighted by molar-refractivity contribution is 6.99. The first-order valence-corrected chi connectivity index (χ1v) is 13.7. The van der Waals surface area contributed by atoms with Gasteiger partial charge in [-0.1, -0.05) is 106 Å². The highest BCUT2D eigenvalue weighted by Gasteiger charge is 2.52. The SMILES string of the molecule is CC(C)(C)[Si](OC(c1ccc(O)c(CO)c1)c1ccccc1O)(c1ccccc1)c1ccccc1. The highest BCUT2D eigenvalue weighted by atomic mass is 28.4. The minimum atomic E-state index is -2.98. The molecule has 0 amide bonds. The molecule has 0 aromatic heterocycles. The molecule has 0 radical (unpaired) electrons. The van der Waals surface area contributed by atoms with Crippen LogP contribution >= 0.6 is 0 Å². The minimum absolute atomic E-state index is 0.0257. The fourth-order valence-corrected chi connectivity index (χ4v) is 9.41. The van der Waals surface area contributed by atoms with E-state index in [0.717, 1.165) is 15.9 Å². The predicted molar refractivity (Wildman–Crippen MR) is 143 cm³/mol. The Morgan fingerprint density at radius 1 is 0.714 bits per heavy atom. The van der Waals surface area contributed by atoms with Crippen molar-refractivity contribution < 1.29 is 19.7 Å². The van der Waals surface area contributed by atoms with Gasteiger partial charge in [0.15, 0.2) is 0 Å². The first-order valence-electron chi connectivity index (χ1n) is 11.8. The Balaban J connectivity index is 2.01. The molecule has 0 bridgehead atoms. The van der Waals surface area contributed by atoms with Crippen molar-refractivity contribution in [1.82, 2.24) is 0 Å². The maximum atomic E-state index is 10.9. The molecule has 4 aromatic carbocycles. The lowest BCUT2D eigenvalue weighted by Crippen LogP contribution is -2.66. The summed E-state index contributed by atoms with van der Waals surface area (Å²) < 4.78 is 7.38. The van der Waals surface area contributed by atoms with Crippen molar-refractivity contribution in [2.24, 2.45) is 0 Å². The second-order valence-electron chi connectivity index (χ2n) is 9.77. The average Bonchev–Trinajstić information content (AvgIpc) is 2.86. The molecule has 0 aliphatic rings. The maximum absolute atomic E-state index is 10.9. The van der Waals surface area contributed by atoms with E-state index in [0.29, 0.717) is 11.1 Å². The van der Waals surface area contributed by atoms with Gasteiger partial charge in [0.05, 0.1) is 6.61 Å². The van der Waals surface area contributed by atoms with Gasteiger partial charge in [-0.15, -0.1) is 0 Å². The van der Waals surface area contributed by atoms with Crippen molar-refractivity contribution in [3.63, 3.8) is 0 Å². The first-order chi connectivity index (χ1) is 16.8. The zero-order chi connectivity index (χ0) is 25.1. The number of hydrogen-bond acceptors (Lipinski definition) is 4. The van der Waals surface area contributed by atoms with E-state index in [1.807, 2.05) is 48.5 Å². The molecule has 4 aromatic rings. The molecular weight excluding hydrogens is 452 g/mol. The zero-order valence-corrected chi connectivity index (χ0v) is 21.3.